The quantitative estimate of drug-likeness (QED) is 0.147. The minimum absolute atomic E-state index is 0.0414. The maximum absolute atomic E-state index is 13.3. The van der Waals surface area contributed by atoms with Crippen molar-refractivity contribution >= 4 is 51.2 Å². The van der Waals surface area contributed by atoms with Crippen LogP contribution in [0.4, 0.5) is 28.4 Å². The average Bonchev–Trinajstić information content (AvgIpc) is 2.95. The molecule has 0 unspecified atom stereocenters. The molecule has 0 saturated carbocycles. The number of non-ortho nitro benzene ring substituents is 1. The van der Waals surface area contributed by atoms with Gasteiger partial charge in [0.25, 0.3) is 5.69 Å². The van der Waals surface area contributed by atoms with Crippen LogP contribution in [0, 0.1) is 37.3 Å². The summed E-state index contributed by atoms with van der Waals surface area (Å²) in [7, 11) is 0. The zero-order valence-electron chi connectivity index (χ0n) is 22.4. The van der Waals surface area contributed by atoms with E-state index in [0.717, 1.165) is 10.9 Å². The van der Waals surface area contributed by atoms with Gasteiger partial charge in [-0.05, 0) is 30.2 Å². The number of benzene rings is 3. The lowest BCUT2D eigenvalue weighted by Crippen LogP contribution is -2.47. The van der Waals surface area contributed by atoms with Gasteiger partial charge in [0.1, 0.15) is 6.04 Å². The van der Waals surface area contributed by atoms with Gasteiger partial charge in [-0.1, -0.05) is 36.4 Å². The number of hydrogen-bond acceptors (Lipinski definition) is 10. The number of fused-ring (bicyclic) bond motifs is 1. The Labute approximate surface area is 241 Å². The summed E-state index contributed by atoms with van der Waals surface area (Å²) in [6.07, 6.45) is 0.0414. The Morgan fingerprint density at radius 3 is 2.14 bits per heavy atom. The first kappa shape index (κ1) is 29.8. The Balaban J connectivity index is 1.56. The smallest absolute Gasteiger partial charge is 0.306 e. The van der Waals surface area contributed by atoms with E-state index < -0.39 is 61.9 Å². The molecule has 0 radical (unpaired) electrons. The lowest BCUT2D eigenvalue weighted by Gasteiger charge is -2.19. The molecule has 16 heteroatoms. The molecule has 43 heavy (non-hydrogen) atoms. The molecular weight excluding hydrogens is 566 g/mol. The Morgan fingerprint density at radius 1 is 0.884 bits per heavy atom. The molecule has 1 heterocycles. The number of anilines is 2. The van der Waals surface area contributed by atoms with E-state index in [4.69, 9.17) is 0 Å². The number of aromatic amines is 1. The Morgan fingerprint density at radius 2 is 1.53 bits per heavy atom. The lowest BCUT2D eigenvalue weighted by molar-refractivity contribution is -0.401. The van der Waals surface area contributed by atoms with Gasteiger partial charge in [-0.15, -0.1) is 0 Å². The largest absolute Gasteiger partial charge is 0.365 e. The molecule has 0 saturated heterocycles. The van der Waals surface area contributed by atoms with Gasteiger partial charge < -0.3 is 20.9 Å². The first-order valence-corrected chi connectivity index (χ1v) is 12.6. The number of nitro benzene ring substituents is 3. The van der Waals surface area contributed by atoms with Crippen LogP contribution >= 0.6 is 0 Å². The summed E-state index contributed by atoms with van der Waals surface area (Å²) in [5.74, 6) is -1.48. The maximum Gasteiger partial charge on any atom is 0.306 e. The molecule has 0 fully saturated rings. The number of hydrogen-bond donors (Lipinski definition) is 4. The third kappa shape index (κ3) is 7.12. The first-order chi connectivity index (χ1) is 20.4. The summed E-state index contributed by atoms with van der Waals surface area (Å²) < 4.78 is 0. The second-order valence-corrected chi connectivity index (χ2v) is 9.36. The number of rotatable bonds is 11. The predicted molar refractivity (Wildman–Crippen MR) is 155 cm³/mol. The van der Waals surface area contributed by atoms with Gasteiger partial charge in [-0.2, -0.15) is 0 Å². The molecule has 0 spiro atoms. The highest BCUT2D eigenvalue weighted by Gasteiger charge is 2.31. The highest BCUT2D eigenvalue weighted by Crippen LogP contribution is 2.38. The van der Waals surface area contributed by atoms with Crippen molar-refractivity contribution < 1.29 is 24.4 Å². The van der Waals surface area contributed by atoms with Gasteiger partial charge in [0.2, 0.25) is 17.4 Å². The molecule has 4 rings (SSSR count). The van der Waals surface area contributed by atoms with E-state index >= 15 is 0 Å². The van der Waals surface area contributed by atoms with E-state index in [0.29, 0.717) is 28.9 Å². The fourth-order valence-corrected chi connectivity index (χ4v) is 4.39. The minimum Gasteiger partial charge on any atom is -0.365 e. The normalized spacial score (nSPS) is 11.4. The van der Waals surface area contributed by atoms with Crippen molar-refractivity contribution in [1.82, 2.24) is 10.3 Å². The molecule has 220 valence electrons. The summed E-state index contributed by atoms with van der Waals surface area (Å²) in [4.78, 5) is 71.9. The molecule has 1 aromatic heterocycles. The number of pyridine rings is 1. The molecule has 4 aromatic rings. The third-order valence-corrected chi connectivity index (χ3v) is 6.36. The molecule has 0 bridgehead atoms. The summed E-state index contributed by atoms with van der Waals surface area (Å²) >= 11 is 0. The predicted octanol–water partition coefficient (Wildman–Crippen LogP) is 3.34. The standard InChI is InChI=1S/C27H23N7O9/c1-15-9-24(35)30-20-11-17(7-8-19(15)20)29-27(37)21(10-16-5-3-2-4-6-16)31-25(36)14-28-26-22(33(40)41)12-18(32(38)39)13-23(26)34(42)43/h2-9,11-13,21,28H,10,14H2,1H3,(H,29,37)(H,30,35)(H,31,36)/t21-/m0/s1. The number of carbonyl (C=O) groups is 2. The number of H-pyrrole nitrogens is 1. The third-order valence-electron chi connectivity index (χ3n) is 6.36. The Bertz CT molecular complexity index is 1790. The molecule has 2 amide bonds. The number of nitrogens with zero attached hydrogens (tertiary/aromatic N) is 3. The van der Waals surface area contributed by atoms with E-state index in [9.17, 15) is 44.7 Å². The van der Waals surface area contributed by atoms with Crippen molar-refractivity contribution in [2.45, 2.75) is 19.4 Å². The Hall–Kier alpha value is -6.19. The summed E-state index contributed by atoms with van der Waals surface area (Å²) in [5.41, 5.74) is -1.59. The number of nitrogens with one attached hydrogen (secondary N) is 4. The van der Waals surface area contributed by atoms with Crippen LogP contribution in [-0.2, 0) is 16.0 Å². The van der Waals surface area contributed by atoms with Crippen LogP contribution in [-0.4, -0.2) is 44.2 Å². The van der Waals surface area contributed by atoms with E-state index in [2.05, 4.69) is 20.9 Å². The van der Waals surface area contributed by atoms with Crippen LogP contribution in [0.15, 0.2) is 71.5 Å². The molecule has 4 N–H and O–H groups in total. The van der Waals surface area contributed by atoms with Gasteiger partial charge in [0, 0.05) is 23.6 Å². The zero-order chi connectivity index (χ0) is 31.3. The average molecular weight is 590 g/mol. The SMILES string of the molecule is Cc1cc(=O)[nH]c2cc(NC(=O)[C@H](Cc3ccccc3)NC(=O)CNc3c([N+](=O)[O-])cc([N+](=O)[O-])cc3[N+](=O)[O-])ccc12. The van der Waals surface area contributed by atoms with Crippen LogP contribution in [0.25, 0.3) is 10.9 Å². The molecule has 0 aliphatic rings. The molecular formula is C27H23N7O9. The zero-order valence-corrected chi connectivity index (χ0v) is 22.4. The first-order valence-electron chi connectivity index (χ1n) is 12.6. The molecule has 3 aromatic carbocycles. The number of nitro groups is 3. The van der Waals surface area contributed by atoms with E-state index in [1.807, 2.05) is 0 Å². The summed E-state index contributed by atoms with van der Waals surface area (Å²) in [6.45, 7) is 1.03. The van der Waals surface area contributed by atoms with Crippen molar-refractivity contribution in [2.75, 3.05) is 17.2 Å². The van der Waals surface area contributed by atoms with E-state index in [1.165, 1.54) is 6.07 Å². The molecule has 16 nitrogen and oxygen atoms in total. The second-order valence-electron chi connectivity index (χ2n) is 9.36. The topological polar surface area (TPSA) is 233 Å². The van der Waals surface area contributed by atoms with Crippen LogP contribution in [0.5, 0.6) is 0 Å². The molecule has 0 aliphatic carbocycles. The highest BCUT2D eigenvalue weighted by atomic mass is 16.6. The Kier molecular flexibility index (Phi) is 8.69. The van der Waals surface area contributed by atoms with Crippen LogP contribution in [0.1, 0.15) is 11.1 Å². The lowest BCUT2D eigenvalue weighted by atomic mass is 10.0. The monoisotopic (exact) mass is 589 g/mol. The van der Waals surface area contributed by atoms with E-state index in [-0.39, 0.29) is 12.0 Å². The summed E-state index contributed by atoms with van der Waals surface area (Å²) in [5, 5.41) is 42.5. The fraction of sp³-hybridized carbons (Fsp3) is 0.148. The van der Waals surface area contributed by atoms with E-state index in [1.54, 1.807) is 55.5 Å². The minimum atomic E-state index is -1.16. The van der Waals surface area contributed by atoms with Crippen LogP contribution in [0.2, 0.25) is 0 Å². The van der Waals surface area contributed by atoms with Gasteiger partial charge in [0.15, 0.2) is 5.69 Å². The highest BCUT2D eigenvalue weighted by molar-refractivity contribution is 5.99. The van der Waals surface area contributed by atoms with Gasteiger partial charge in [0.05, 0.1) is 39.0 Å². The van der Waals surface area contributed by atoms with Gasteiger partial charge >= 0.3 is 11.4 Å². The number of amides is 2. The summed E-state index contributed by atoms with van der Waals surface area (Å²) in [6, 6.07) is 15.0. The van der Waals surface area contributed by atoms with Gasteiger partial charge in [-0.25, -0.2) is 0 Å². The number of aryl methyl sites for hydroxylation is 1. The van der Waals surface area contributed by atoms with Crippen molar-refractivity contribution in [1.29, 1.82) is 0 Å². The van der Waals surface area contributed by atoms with Crippen molar-refractivity contribution in [3.63, 3.8) is 0 Å². The van der Waals surface area contributed by atoms with Crippen molar-refractivity contribution in [3.05, 3.63) is 119 Å². The maximum atomic E-state index is 13.3. The number of aromatic nitrogens is 1. The second kappa shape index (κ2) is 12.5. The molecule has 1 atom stereocenters. The van der Waals surface area contributed by atoms with Crippen LogP contribution < -0.4 is 21.5 Å². The fourth-order valence-electron chi connectivity index (χ4n) is 4.39. The van der Waals surface area contributed by atoms with Gasteiger partial charge in [-0.3, -0.25) is 44.7 Å². The van der Waals surface area contributed by atoms with Crippen molar-refractivity contribution in [2.24, 2.45) is 0 Å². The molecule has 0 aliphatic heterocycles. The van der Waals surface area contributed by atoms with Crippen molar-refractivity contribution in [3.8, 4) is 0 Å². The van der Waals surface area contributed by atoms with Crippen LogP contribution in [0.3, 0.4) is 0 Å². The number of carbonyl (C=O) groups excluding carboxylic acids is 2.